The molecule has 1 aliphatic carbocycles. The normalized spacial score (nSPS) is 24.3. The first-order valence-corrected chi connectivity index (χ1v) is 7.01. The Hall–Kier alpha value is -1.28. The van der Waals surface area contributed by atoms with Crippen molar-refractivity contribution >= 4 is 11.0 Å². The Morgan fingerprint density at radius 3 is 2.83 bits per heavy atom. The number of nitrogens with one attached hydrogen (secondary N) is 1. The predicted molar refractivity (Wildman–Crippen MR) is 74.5 cm³/mol. The van der Waals surface area contributed by atoms with Gasteiger partial charge in [0.25, 0.3) is 0 Å². The minimum absolute atomic E-state index is 0.396. The third-order valence-corrected chi connectivity index (χ3v) is 3.97. The van der Waals surface area contributed by atoms with Gasteiger partial charge >= 0.3 is 0 Å². The average molecular weight is 243 g/mol. The van der Waals surface area contributed by atoms with Gasteiger partial charge in [0.05, 0.1) is 6.04 Å². The van der Waals surface area contributed by atoms with Crippen molar-refractivity contribution in [3.8, 4) is 0 Å². The lowest BCUT2D eigenvalue weighted by Gasteiger charge is -2.15. The summed E-state index contributed by atoms with van der Waals surface area (Å²) in [6.07, 6.45) is 2.48. The van der Waals surface area contributed by atoms with Gasteiger partial charge in [-0.2, -0.15) is 0 Å². The fourth-order valence-electron chi connectivity index (χ4n) is 2.73. The zero-order valence-electron chi connectivity index (χ0n) is 11.1. The van der Waals surface area contributed by atoms with Crippen molar-refractivity contribution in [2.45, 2.75) is 32.7 Å². The van der Waals surface area contributed by atoms with E-state index in [4.69, 9.17) is 4.42 Å². The van der Waals surface area contributed by atoms with Crippen molar-refractivity contribution in [1.82, 2.24) is 5.32 Å². The molecule has 0 bridgehead atoms. The standard InChI is InChI=1S/C16H21NO/c1-3-8-17-16(13-9-11(13)2)15-10-12-6-4-5-7-14(12)18-15/h4-7,10-11,13,16-17H,3,8-9H2,1-2H3. The second-order valence-electron chi connectivity index (χ2n) is 5.50. The summed E-state index contributed by atoms with van der Waals surface area (Å²) >= 11 is 0. The fourth-order valence-corrected chi connectivity index (χ4v) is 2.73. The molecule has 3 atom stereocenters. The van der Waals surface area contributed by atoms with E-state index < -0.39 is 0 Å². The van der Waals surface area contributed by atoms with Gasteiger partial charge < -0.3 is 9.73 Å². The van der Waals surface area contributed by atoms with E-state index in [0.717, 1.165) is 36.1 Å². The van der Waals surface area contributed by atoms with Crippen LogP contribution in [0.4, 0.5) is 0 Å². The van der Waals surface area contributed by atoms with Crippen LogP contribution in [0.3, 0.4) is 0 Å². The number of furan rings is 1. The Balaban J connectivity index is 1.88. The largest absolute Gasteiger partial charge is 0.459 e. The highest BCUT2D eigenvalue weighted by Gasteiger charge is 2.41. The minimum atomic E-state index is 0.396. The van der Waals surface area contributed by atoms with Gasteiger partial charge in [0.15, 0.2) is 0 Å². The smallest absolute Gasteiger partial charge is 0.134 e. The average Bonchev–Trinajstić information content (AvgIpc) is 2.93. The Morgan fingerprint density at radius 1 is 1.39 bits per heavy atom. The minimum Gasteiger partial charge on any atom is -0.459 e. The molecule has 2 aromatic rings. The van der Waals surface area contributed by atoms with E-state index in [2.05, 4.69) is 37.4 Å². The molecule has 3 unspecified atom stereocenters. The van der Waals surface area contributed by atoms with E-state index in [9.17, 15) is 0 Å². The molecule has 1 heterocycles. The molecule has 3 rings (SSSR count). The molecular weight excluding hydrogens is 222 g/mol. The monoisotopic (exact) mass is 243 g/mol. The van der Waals surface area contributed by atoms with Crippen molar-refractivity contribution in [2.24, 2.45) is 11.8 Å². The van der Waals surface area contributed by atoms with Crippen LogP contribution in [0.1, 0.15) is 38.5 Å². The van der Waals surface area contributed by atoms with E-state index in [1.54, 1.807) is 0 Å². The van der Waals surface area contributed by atoms with E-state index in [1.807, 2.05) is 12.1 Å². The molecule has 0 saturated heterocycles. The quantitative estimate of drug-likeness (QED) is 0.854. The topological polar surface area (TPSA) is 25.2 Å². The second-order valence-corrected chi connectivity index (χ2v) is 5.50. The van der Waals surface area contributed by atoms with Crippen molar-refractivity contribution < 1.29 is 4.42 Å². The Labute approximate surface area is 108 Å². The van der Waals surface area contributed by atoms with Crippen LogP contribution in [0.5, 0.6) is 0 Å². The summed E-state index contributed by atoms with van der Waals surface area (Å²) in [6.45, 7) is 5.60. The summed E-state index contributed by atoms with van der Waals surface area (Å²) in [5.74, 6) is 2.68. The van der Waals surface area contributed by atoms with Crippen LogP contribution < -0.4 is 5.32 Å². The van der Waals surface area contributed by atoms with Gasteiger partial charge in [-0.3, -0.25) is 0 Å². The van der Waals surface area contributed by atoms with Gasteiger partial charge in [-0.05, 0) is 43.4 Å². The van der Waals surface area contributed by atoms with Crippen molar-refractivity contribution in [2.75, 3.05) is 6.54 Å². The summed E-state index contributed by atoms with van der Waals surface area (Å²) in [4.78, 5) is 0. The number of rotatable bonds is 5. The number of fused-ring (bicyclic) bond motifs is 1. The van der Waals surface area contributed by atoms with Gasteiger partial charge in [0.2, 0.25) is 0 Å². The molecule has 0 amide bonds. The maximum absolute atomic E-state index is 6.01. The highest BCUT2D eigenvalue weighted by Crippen LogP contribution is 2.47. The van der Waals surface area contributed by atoms with E-state index >= 15 is 0 Å². The molecule has 0 aliphatic heterocycles. The molecule has 0 radical (unpaired) electrons. The SMILES string of the molecule is CCCNC(c1cc2ccccc2o1)C1CC1C. The van der Waals surface area contributed by atoms with Gasteiger partial charge in [-0.15, -0.1) is 0 Å². The van der Waals surface area contributed by atoms with Gasteiger partial charge in [-0.25, -0.2) is 0 Å². The van der Waals surface area contributed by atoms with Crippen LogP contribution in [0, 0.1) is 11.8 Å². The Morgan fingerprint density at radius 2 is 2.17 bits per heavy atom. The Bertz CT molecular complexity index is 498. The maximum atomic E-state index is 6.01. The van der Waals surface area contributed by atoms with Crippen LogP contribution in [0.15, 0.2) is 34.7 Å². The van der Waals surface area contributed by atoms with Crippen LogP contribution in [-0.2, 0) is 0 Å². The third kappa shape index (κ3) is 2.17. The highest BCUT2D eigenvalue weighted by molar-refractivity contribution is 5.77. The number of para-hydroxylation sites is 1. The number of benzene rings is 1. The third-order valence-electron chi connectivity index (χ3n) is 3.97. The summed E-state index contributed by atoms with van der Waals surface area (Å²) in [6, 6.07) is 10.9. The molecule has 1 N–H and O–H groups in total. The van der Waals surface area contributed by atoms with E-state index in [0.29, 0.717) is 6.04 Å². The molecule has 2 heteroatoms. The van der Waals surface area contributed by atoms with Crippen molar-refractivity contribution in [1.29, 1.82) is 0 Å². The second kappa shape index (κ2) is 4.77. The van der Waals surface area contributed by atoms with Crippen LogP contribution in [0.2, 0.25) is 0 Å². The van der Waals surface area contributed by atoms with Crippen LogP contribution in [0.25, 0.3) is 11.0 Å². The molecule has 1 aromatic carbocycles. The van der Waals surface area contributed by atoms with Crippen molar-refractivity contribution in [3.63, 3.8) is 0 Å². The molecule has 18 heavy (non-hydrogen) atoms. The highest BCUT2D eigenvalue weighted by atomic mass is 16.3. The molecule has 1 aliphatic rings. The van der Waals surface area contributed by atoms with Gasteiger partial charge in [-0.1, -0.05) is 32.0 Å². The molecule has 2 nitrogen and oxygen atoms in total. The summed E-state index contributed by atoms with van der Waals surface area (Å²) < 4.78 is 6.01. The summed E-state index contributed by atoms with van der Waals surface area (Å²) in [5, 5.41) is 4.86. The first-order valence-electron chi connectivity index (χ1n) is 7.01. The first-order chi connectivity index (χ1) is 8.79. The first kappa shape index (κ1) is 11.8. The fraction of sp³-hybridized carbons (Fsp3) is 0.500. The lowest BCUT2D eigenvalue weighted by molar-refractivity contribution is 0.386. The van der Waals surface area contributed by atoms with Gasteiger partial charge in [0, 0.05) is 5.39 Å². The molecule has 96 valence electrons. The summed E-state index contributed by atoms with van der Waals surface area (Å²) in [5.41, 5.74) is 1.00. The molecule has 0 spiro atoms. The molecule has 1 aromatic heterocycles. The predicted octanol–water partition coefficient (Wildman–Crippen LogP) is 4.13. The number of hydrogen-bond acceptors (Lipinski definition) is 2. The lowest BCUT2D eigenvalue weighted by Crippen LogP contribution is -2.23. The maximum Gasteiger partial charge on any atom is 0.134 e. The van der Waals surface area contributed by atoms with E-state index in [1.165, 1.54) is 11.8 Å². The zero-order chi connectivity index (χ0) is 12.5. The Kier molecular flexibility index (Phi) is 3.13. The lowest BCUT2D eigenvalue weighted by atomic mass is 10.1. The molecule has 1 fully saturated rings. The zero-order valence-corrected chi connectivity index (χ0v) is 11.1. The van der Waals surface area contributed by atoms with E-state index in [-0.39, 0.29) is 0 Å². The van der Waals surface area contributed by atoms with Crippen LogP contribution >= 0.6 is 0 Å². The summed E-state index contributed by atoms with van der Waals surface area (Å²) in [7, 11) is 0. The van der Waals surface area contributed by atoms with Gasteiger partial charge in [0.1, 0.15) is 11.3 Å². The van der Waals surface area contributed by atoms with Crippen LogP contribution in [-0.4, -0.2) is 6.54 Å². The molecule has 1 saturated carbocycles. The van der Waals surface area contributed by atoms with Crippen molar-refractivity contribution in [3.05, 3.63) is 36.1 Å². The molecular formula is C16H21NO. The number of hydrogen-bond donors (Lipinski definition) is 1.